The van der Waals surface area contributed by atoms with E-state index in [4.69, 9.17) is 9.47 Å². The second-order valence-electron chi connectivity index (χ2n) is 7.23. The van der Waals surface area contributed by atoms with E-state index in [0.717, 1.165) is 6.42 Å². The third-order valence-electron chi connectivity index (χ3n) is 4.82. The van der Waals surface area contributed by atoms with Crippen LogP contribution in [0.3, 0.4) is 0 Å². The van der Waals surface area contributed by atoms with E-state index < -0.39 is 5.91 Å². The molecule has 0 spiro atoms. The van der Waals surface area contributed by atoms with Crippen LogP contribution in [0.5, 0.6) is 11.5 Å². The maximum atomic E-state index is 12.7. The fourth-order valence-corrected chi connectivity index (χ4v) is 3.12. The predicted molar refractivity (Wildman–Crippen MR) is 109 cm³/mol. The van der Waals surface area contributed by atoms with E-state index in [0.29, 0.717) is 35.2 Å². The highest BCUT2D eigenvalue weighted by Crippen LogP contribution is 2.30. The zero-order chi connectivity index (χ0) is 21.1. The topological polar surface area (TPSA) is 84.9 Å². The molecule has 0 aromatic heterocycles. The van der Waals surface area contributed by atoms with Crippen LogP contribution in [-0.2, 0) is 0 Å². The number of fused-ring (bicyclic) bond motifs is 1. The lowest BCUT2D eigenvalue weighted by molar-refractivity contribution is 0.0647. The third-order valence-corrected chi connectivity index (χ3v) is 4.82. The Bertz CT molecular complexity index is 968. The van der Waals surface area contributed by atoms with Gasteiger partial charge in [-0.15, -0.1) is 0 Å². The van der Waals surface area contributed by atoms with Crippen molar-refractivity contribution in [2.24, 2.45) is 5.92 Å². The number of hydrogen-bond donors (Lipinski definition) is 1. The van der Waals surface area contributed by atoms with Crippen LogP contribution < -0.4 is 14.8 Å². The molecule has 0 aliphatic carbocycles. The molecule has 0 atom stereocenters. The monoisotopic (exact) mass is 396 g/mol. The van der Waals surface area contributed by atoms with Crippen LogP contribution in [-0.4, -0.2) is 43.4 Å². The summed E-state index contributed by atoms with van der Waals surface area (Å²) in [5.41, 5.74) is 1.35. The number of carbonyl (C=O) groups is 3. The molecule has 0 fully saturated rings. The van der Waals surface area contributed by atoms with Crippen molar-refractivity contribution in [2.45, 2.75) is 20.3 Å². The molecule has 1 aliphatic heterocycles. The molecule has 1 aliphatic rings. The van der Waals surface area contributed by atoms with E-state index >= 15 is 0 Å². The average molecular weight is 396 g/mol. The quantitative estimate of drug-likeness (QED) is 0.723. The van der Waals surface area contributed by atoms with Gasteiger partial charge in [0.2, 0.25) is 0 Å². The van der Waals surface area contributed by atoms with Gasteiger partial charge < -0.3 is 14.8 Å². The van der Waals surface area contributed by atoms with Gasteiger partial charge in [-0.2, -0.15) is 0 Å². The molecule has 29 heavy (non-hydrogen) atoms. The summed E-state index contributed by atoms with van der Waals surface area (Å²) in [6.45, 7) is 4.44. The fraction of sp³-hybridized carbons (Fsp3) is 0.318. The summed E-state index contributed by atoms with van der Waals surface area (Å²) in [4.78, 5) is 39.1. The Labute approximate surface area is 169 Å². The summed E-state index contributed by atoms with van der Waals surface area (Å²) in [6.07, 6.45) is 0.732. The highest BCUT2D eigenvalue weighted by Gasteiger charge is 2.35. The van der Waals surface area contributed by atoms with Gasteiger partial charge in [0.25, 0.3) is 17.7 Å². The number of rotatable bonds is 7. The number of hydrogen-bond acceptors (Lipinski definition) is 5. The summed E-state index contributed by atoms with van der Waals surface area (Å²) in [5, 5.41) is 2.77. The molecule has 1 heterocycles. The number of anilines is 1. The maximum absolute atomic E-state index is 12.7. The molecule has 0 radical (unpaired) electrons. The highest BCUT2D eigenvalue weighted by molar-refractivity contribution is 6.22. The van der Waals surface area contributed by atoms with E-state index in [1.165, 1.54) is 24.1 Å². The predicted octanol–water partition coefficient (Wildman–Crippen LogP) is 3.60. The standard InChI is InChI=1S/C22H24N2O5/c1-13(2)9-10-24-21(26)16-7-5-14(11-17(16)22(24)27)20(25)23-18-8-6-15(28-3)12-19(18)29-4/h5-8,11-13H,9-10H2,1-4H3,(H,23,25). The molecule has 0 saturated heterocycles. The lowest BCUT2D eigenvalue weighted by atomic mass is 10.1. The van der Waals surface area contributed by atoms with Gasteiger partial charge in [-0.25, -0.2) is 0 Å². The van der Waals surface area contributed by atoms with Crippen LogP contribution in [0.4, 0.5) is 5.69 Å². The molecule has 3 amide bonds. The minimum atomic E-state index is -0.405. The zero-order valence-electron chi connectivity index (χ0n) is 16.9. The minimum absolute atomic E-state index is 0.258. The number of carbonyl (C=O) groups excluding carboxylic acids is 3. The van der Waals surface area contributed by atoms with Gasteiger partial charge in [0.05, 0.1) is 31.0 Å². The molecular weight excluding hydrogens is 372 g/mol. The van der Waals surface area contributed by atoms with E-state index in [1.54, 1.807) is 31.4 Å². The second kappa shape index (κ2) is 8.34. The molecule has 152 valence electrons. The van der Waals surface area contributed by atoms with Crippen molar-refractivity contribution in [3.8, 4) is 11.5 Å². The molecule has 3 rings (SSSR count). The third kappa shape index (κ3) is 4.08. The second-order valence-corrected chi connectivity index (χ2v) is 7.23. The van der Waals surface area contributed by atoms with Crippen molar-refractivity contribution < 1.29 is 23.9 Å². The van der Waals surface area contributed by atoms with Gasteiger partial charge in [0.1, 0.15) is 11.5 Å². The van der Waals surface area contributed by atoms with Crippen molar-refractivity contribution in [3.63, 3.8) is 0 Å². The van der Waals surface area contributed by atoms with Crippen molar-refractivity contribution in [1.29, 1.82) is 0 Å². The van der Waals surface area contributed by atoms with Gasteiger partial charge in [0, 0.05) is 18.2 Å². The molecule has 1 N–H and O–H groups in total. The first-order valence-electron chi connectivity index (χ1n) is 9.39. The van der Waals surface area contributed by atoms with Gasteiger partial charge in [-0.3, -0.25) is 19.3 Å². The average Bonchev–Trinajstić information content (AvgIpc) is 2.96. The maximum Gasteiger partial charge on any atom is 0.261 e. The van der Waals surface area contributed by atoms with Crippen molar-refractivity contribution in [1.82, 2.24) is 4.90 Å². The van der Waals surface area contributed by atoms with Gasteiger partial charge >= 0.3 is 0 Å². The molecule has 2 aromatic carbocycles. The Hall–Kier alpha value is -3.35. The highest BCUT2D eigenvalue weighted by atomic mass is 16.5. The number of nitrogens with one attached hydrogen (secondary N) is 1. The fourth-order valence-electron chi connectivity index (χ4n) is 3.12. The Morgan fingerprint density at radius 2 is 1.72 bits per heavy atom. The van der Waals surface area contributed by atoms with Crippen LogP contribution in [0.1, 0.15) is 51.3 Å². The number of amides is 3. The van der Waals surface area contributed by atoms with E-state index in [-0.39, 0.29) is 22.9 Å². The normalized spacial score (nSPS) is 12.9. The van der Waals surface area contributed by atoms with Crippen LogP contribution in [0.25, 0.3) is 0 Å². The van der Waals surface area contributed by atoms with Crippen molar-refractivity contribution >= 4 is 23.4 Å². The largest absolute Gasteiger partial charge is 0.497 e. The zero-order valence-corrected chi connectivity index (χ0v) is 16.9. The summed E-state index contributed by atoms with van der Waals surface area (Å²) in [5.74, 6) is 0.349. The first-order valence-corrected chi connectivity index (χ1v) is 9.39. The van der Waals surface area contributed by atoms with Crippen molar-refractivity contribution in [3.05, 3.63) is 53.1 Å². The lowest BCUT2D eigenvalue weighted by Crippen LogP contribution is -2.31. The SMILES string of the molecule is COc1ccc(NC(=O)c2ccc3c(c2)C(=O)N(CCC(C)C)C3=O)c(OC)c1. The van der Waals surface area contributed by atoms with E-state index in [9.17, 15) is 14.4 Å². The van der Waals surface area contributed by atoms with E-state index in [2.05, 4.69) is 5.32 Å². The molecule has 0 saturated carbocycles. The molecule has 7 nitrogen and oxygen atoms in total. The molecule has 2 aromatic rings. The van der Waals surface area contributed by atoms with E-state index in [1.807, 2.05) is 13.8 Å². The number of ether oxygens (including phenoxy) is 2. The number of nitrogens with zero attached hydrogens (tertiary/aromatic N) is 1. The number of benzene rings is 2. The van der Waals surface area contributed by atoms with Gasteiger partial charge in [0.15, 0.2) is 0 Å². The Morgan fingerprint density at radius 3 is 2.38 bits per heavy atom. The Kier molecular flexibility index (Phi) is 5.87. The lowest BCUT2D eigenvalue weighted by Gasteiger charge is -2.14. The molecular formula is C22H24N2O5. The smallest absolute Gasteiger partial charge is 0.261 e. The summed E-state index contributed by atoms with van der Waals surface area (Å²) in [6, 6.07) is 9.58. The first-order chi connectivity index (χ1) is 13.8. The molecule has 7 heteroatoms. The summed E-state index contributed by atoms with van der Waals surface area (Å²) >= 11 is 0. The van der Waals surface area contributed by atoms with Crippen LogP contribution >= 0.6 is 0 Å². The molecule has 0 unspecified atom stereocenters. The summed E-state index contributed by atoms with van der Waals surface area (Å²) < 4.78 is 10.4. The van der Waals surface area contributed by atoms with Crippen molar-refractivity contribution in [2.75, 3.05) is 26.1 Å². The minimum Gasteiger partial charge on any atom is -0.497 e. The van der Waals surface area contributed by atoms with Gasteiger partial charge in [-0.05, 0) is 42.7 Å². The van der Waals surface area contributed by atoms with Crippen LogP contribution in [0.2, 0.25) is 0 Å². The number of methoxy groups -OCH3 is 2. The van der Waals surface area contributed by atoms with Crippen LogP contribution in [0, 0.1) is 5.92 Å². The Morgan fingerprint density at radius 1 is 1.00 bits per heavy atom. The molecule has 0 bridgehead atoms. The first kappa shape index (κ1) is 20.4. The Balaban J connectivity index is 1.82. The van der Waals surface area contributed by atoms with Crippen LogP contribution in [0.15, 0.2) is 36.4 Å². The number of imide groups is 1. The summed E-state index contributed by atoms with van der Waals surface area (Å²) in [7, 11) is 3.04. The van der Waals surface area contributed by atoms with Gasteiger partial charge in [-0.1, -0.05) is 13.8 Å².